The van der Waals surface area contributed by atoms with Crippen molar-refractivity contribution in [3.63, 3.8) is 0 Å². The fourth-order valence-electron chi connectivity index (χ4n) is 0.602. The van der Waals surface area contributed by atoms with Gasteiger partial charge < -0.3 is 9.47 Å². The first-order chi connectivity index (χ1) is 5.65. The maximum atomic E-state index is 10.7. The molecule has 0 bridgehead atoms. The summed E-state index contributed by atoms with van der Waals surface area (Å²) in [5.74, 6) is -0.295. The number of nitriles is 1. The van der Waals surface area contributed by atoms with E-state index in [-0.39, 0.29) is 11.4 Å². The van der Waals surface area contributed by atoms with Gasteiger partial charge in [-0.05, 0) is 13.0 Å². The molecule has 4 nitrogen and oxygen atoms in total. The van der Waals surface area contributed by atoms with E-state index >= 15 is 0 Å². The lowest BCUT2D eigenvalue weighted by molar-refractivity contribution is -0.113. The first-order valence-corrected chi connectivity index (χ1v) is 3.34. The highest BCUT2D eigenvalue weighted by molar-refractivity contribution is 5.97. The molecule has 0 saturated heterocycles. The van der Waals surface area contributed by atoms with Crippen molar-refractivity contribution in [2.24, 2.45) is 0 Å². The summed E-state index contributed by atoms with van der Waals surface area (Å²) in [7, 11) is 2.86. The fourth-order valence-corrected chi connectivity index (χ4v) is 0.602. The highest BCUT2D eigenvalue weighted by atomic mass is 16.7. The Morgan fingerprint density at radius 2 is 2.00 bits per heavy atom. The molecular formula is C8H11NO3. The van der Waals surface area contributed by atoms with Gasteiger partial charge in [0.25, 0.3) is 0 Å². The SMILES string of the molecule is COC(/C=C(/C#N)C(C)=O)OC. The normalized spacial score (nSPS) is 11.4. The number of allylic oxidation sites excluding steroid dienone is 1. The Hall–Kier alpha value is -1.18. The largest absolute Gasteiger partial charge is 0.352 e. The van der Waals surface area contributed by atoms with Crippen molar-refractivity contribution >= 4 is 5.78 Å². The Morgan fingerprint density at radius 1 is 1.50 bits per heavy atom. The molecule has 0 amide bonds. The standard InChI is InChI=1S/C8H11NO3/c1-6(10)7(5-9)4-8(11-2)12-3/h4,8H,1-3H3/b7-4-. The molecule has 0 fully saturated rings. The Bertz CT molecular complexity index is 223. The average Bonchev–Trinajstić information content (AvgIpc) is 2.06. The molecule has 0 aliphatic heterocycles. The van der Waals surface area contributed by atoms with E-state index in [1.54, 1.807) is 6.07 Å². The lowest BCUT2D eigenvalue weighted by atomic mass is 10.2. The number of hydrogen-bond donors (Lipinski definition) is 0. The summed E-state index contributed by atoms with van der Waals surface area (Å²) >= 11 is 0. The molecule has 0 saturated carbocycles. The molecule has 0 unspecified atom stereocenters. The van der Waals surface area contributed by atoms with Crippen LogP contribution in [-0.4, -0.2) is 26.3 Å². The van der Waals surface area contributed by atoms with E-state index in [9.17, 15) is 4.79 Å². The summed E-state index contributed by atoms with van der Waals surface area (Å²) < 4.78 is 9.56. The number of methoxy groups -OCH3 is 2. The van der Waals surface area contributed by atoms with Crippen LogP contribution < -0.4 is 0 Å². The lowest BCUT2D eigenvalue weighted by Crippen LogP contribution is -2.11. The Labute approximate surface area is 71.4 Å². The molecule has 0 N–H and O–H groups in total. The van der Waals surface area contributed by atoms with Gasteiger partial charge in [-0.15, -0.1) is 0 Å². The molecule has 0 aliphatic carbocycles. The highest BCUT2D eigenvalue weighted by Crippen LogP contribution is 2.00. The smallest absolute Gasteiger partial charge is 0.177 e. The number of hydrogen-bond acceptors (Lipinski definition) is 4. The van der Waals surface area contributed by atoms with Crippen molar-refractivity contribution in [3.8, 4) is 6.07 Å². The fraction of sp³-hybridized carbons (Fsp3) is 0.500. The number of Topliss-reactive ketones (excluding diaryl/α,β-unsaturated/α-hetero) is 1. The minimum absolute atomic E-state index is 0.0451. The van der Waals surface area contributed by atoms with Gasteiger partial charge in [0.2, 0.25) is 0 Å². The number of ether oxygens (including phenoxy) is 2. The Kier molecular flexibility index (Phi) is 4.93. The van der Waals surface area contributed by atoms with E-state index in [0.717, 1.165) is 0 Å². The van der Waals surface area contributed by atoms with Gasteiger partial charge in [-0.3, -0.25) is 4.79 Å². The first-order valence-electron chi connectivity index (χ1n) is 3.34. The van der Waals surface area contributed by atoms with Crippen molar-refractivity contribution in [1.29, 1.82) is 5.26 Å². The maximum Gasteiger partial charge on any atom is 0.177 e. The monoisotopic (exact) mass is 169 g/mol. The van der Waals surface area contributed by atoms with Gasteiger partial charge >= 0.3 is 0 Å². The van der Waals surface area contributed by atoms with Crippen LogP contribution in [0.1, 0.15) is 6.92 Å². The van der Waals surface area contributed by atoms with E-state index in [2.05, 4.69) is 0 Å². The van der Waals surface area contributed by atoms with E-state index < -0.39 is 6.29 Å². The van der Waals surface area contributed by atoms with Crippen molar-refractivity contribution in [1.82, 2.24) is 0 Å². The van der Waals surface area contributed by atoms with Gasteiger partial charge in [0.05, 0.1) is 5.57 Å². The molecule has 0 aliphatic rings. The molecule has 0 heterocycles. The molecule has 0 spiro atoms. The Balaban J connectivity index is 4.48. The molecule has 12 heavy (non-hydrogen) atoms. The predicted molar refractivity (Wildman–Crippen MR) is 42.2 cm³/mol. The van der Waals surface area contributed by atoms with Crippen LogP contribution in [0.25, 0.3) is 0 Å². The summed E-state index contributed by atoms with van der Waals surface area (Å²) in [5.41, 5.74) is 0.0451. The second-order valence-corrected chi connectivity index (χ2v) is 2.09. The van der Waals surface area contributed by atoms with Gasteiger partial charge in [-0.1, -0.05) is 0 Å². The third kappa shape index (κ3) is 3.28. The van der Waals surface area contributed by atoms with Crippen molar-refractivity contribution in [3.05, 3.63) is 11.6 Å². The summed E-state index contributed by atoms with van der Waals surface area (Å²) in [6, 6.07) is 1.75. The van der Waals surface area contributed by atoms with Crippen LogP contribution in [0.2, 0.25) is 0 Å². The van der Waals surface area contributed by atoms with E-state index in [0.29, 0.717) is 0 Å². The van der Waals surface area contributed by atoms with Crippen molar-refractivity contribution < 1.29 is 14.3 Å². The van der Waals surface area contributed by atoms with Gasteiger partial charge in [-0.2, -0.15) is 5.26 Å². The zero-order valence-electron chi connectivity index (χ0n) is 7.33. The van der Waals surface area contributed by atoms with E-state index in [1.165, 1.54) is 27.2 Å². The minimum atomic E-state index is -0.636. The third-order valence-corrected chi connectivity index (χ3v) is 1.27. The molecule has 0 aromatic heterocycles. The minimum Gasteiger partial charge on any atom is -0.352 e. The van der Waals surface area contributed by atoms with Crippen LogP contribution in [0.5, 0.6) is 0 Å². The van der Waals surface area contributed by atoms with Crippen molar-refractivity contribution in [2.45, 2.75) is 13.2 Å². The van der Waals surface area contributed by atoms with Gasteiger partial charge in [0, 0.05) is 14.2 Å². The van der Waals surface area contributed by atoms with Crippen LogP contribution in [-0.2, 0) is 14.3 Å². The average molecular weight is 169 g/mol. The molecule has 4 heteroatoms. The molecule has 0 rings (SSSR count). The lowest BCUT2D eigenvalue weighted by Gasteiger charge is -2.07. The summed E-state index contributed by atoms with van der Waals surface area (Å²) in [4.78, 5) is 10.7. The van der Waals surface area contributed by atoms with Crippen LogP contribution in [0.4, 0.5) is 0 Å². The number of nitrogens with zero attached hydrogens (tertiary/aromatic N) is 1. The summed E-state index contributed by atoms with van der Waals surface area (Å²) in [5, 5.41) is 8.49. The van der Waals surface area contributed by atoms with Gasteiger partial charge in [0.1, 0.15) is 6.07 Å². The summed E-state index contributed by atoms with van der Waals surface area (Å²) in [6.07, 6.45) is 0.700. The quantitative estimate of drug-likeness (QED) is 0.352. The van der Waals surface area contributed by atoms with Gasteiger partial charge in [0.15, 0.2) is 12.1 Å². The zero-order chi connectivity index (χ0) is 9.56. The van der Waals surface area contributed by atoms with E-state index in [4.69, 9.17) is 14.7 Å². The van der Waals surface area contributed by atoms with Crippen molar-refractivity contribution in [2.75, 3.05) is 14.2 Å². The topological polar surface area (TPSA) is 59.3 Å². The van der Waals surface area contributed by atoms with Crippen LogP contribution in [0, 0.1) is 11.3 Å². The number of carbonyl (C=O) groups excluding carboxylic acids is 1. The molecule has 0 aromatic rings. The highest BCUT2D eigenvalue weighted by Gasteiger charge is 2.07. The second-order valence-electron chi connectivity index (χ2n) is 2.09. The maximum absolute atomic E-state index is 10.7. The molecular weight excluding hydrogens is 158 g/mol. The van der Waals surface area contributed by atoms with E-state index in [1.807, 2.05) is 0 Å². The van der Waals surface area contributed by atoms with Crippen LogP contribution in [0.15, 0.2) is 11.6 Å². The molecule has 0 atom stereocenters. The summed E-state index contributed by atoms with van der Waals surface area (Å²) in [6.45, 7) is 1.32. The zero-order valence-corrected chi connectivity index (χ0v) is 7.33. The second kappa shape index (κ2) is 5.47. The first kappa shape index (κ1) is 10.8. The number of ketones is 1. The number of carbonyl (C=O) groups is 1. The molecule has 0 aromatic carbocycles. The predicted octanol–water partition coefficient (Wildman–Crippen LogP) is 0.644. The Morgan fingerprint density at radius 3 is 2.25 bits per heavy atom. The van der Waals surface area contributed by atoms with Crippen LogP contribution in [0.3, 0.4) is 0 Å². The third-order valence-electron chi connectivity index (χ3n) is 1.27. The van der Waals surface area contributed by atoms with Gasteiger partial charge in [-0.25, -0.2) is 0 Å². The molecule has 0 radical (unpaired) electrons. The number of rotatable bonds is 4. The van der Waals surface area contributed by atoms with Crippen LogP contribution >= 0.6 is 0 Å². The molecule has 66 valence electrons.